The Morgan fingerprint density at radius 1 is 0.978 bits per heavy atom. The van der Waals surface area contributed by atoms with Crippen LogP contribution in [0.4, 0.5) is 11.4 Å². The van der Waals surface area contributed by atoms with E-state index in [0.717, 1.165) is 47.9 Å². The van der Waals surface area contributed by atoms with Crippen molar-refractivity contribution in [2.45, 2.75) is 64.8 Å². The highest BCUT2D eigenvalue weighted by Gasteiger charge is 2.30. The molecule has 2 aliphatic rings. The van der Waals surface area contributed by atoms with Crippen LogP contribution in [-0.2, 0) is 27.2 Å². The van der Waals surface area contributed by atoms with Crippen molar-refractivity contribution in [2.24, 2.45) is 23.5 Å². The summed E-state index contributed by atoms with van der Waals surface area (Å²) in [5.41, 5.74) is 11.1. The minimum atomic E-state index is -0.569. The van der Waals surface area contributed by atoms with Crippen LogP contribution in [-0.4, -0.2) is 36.1 Å². The molecular formula is C36H41ClN4O4. The quantitative estimate of drug-likeness (QED) is 0.202. The Morgan fingerprint density at radius 3 is 2.38 bits per heavy atom. The zero-order valence-electron chi connectivity index (χ0n) is 25.8. The second kappa shape index (κ2) is 14.4. The van der Waals surface area contributed by atoms with E-state index in [4.69, 9.17) is 17.3 Å². The van der Waals surface area contributed by atoms with Crippen molar-refractivity contribution in [3.05, 3.63) is 82.4 Å². The van der Waals surface area contributed by atoms with Crippen LogP contribution in [0.5, 0.6) is 0 Å². The van der Waals surface area contributed by atoms with E-state index >= 15 is 0 Å². The van der Waals surface area contributed by atoms with Crippen LogP contribution in [0.25, 0.3) is 11.1 Å². The third-order valence-corrected chi connectivity index (χ3v) is 9.17. The van der Waals surface area contributed by atoms with Gasteiger partial charge in [-0.2, -0.15) is 0 Å². The molecule has 0 radical (unpaired) electrons. The highest BCUT2D eigenvalue weighted by atomic mass is 35.5. The number of anilines is 2. The van der Waals surface area contributed by atoms with Gasteiger partial charge in [0.05, 0.1) is 6.42 Å². The van der Waals surface area contributed by atoms with E-state index in [9.17, 15) is 19.2 Å². The van der Waals surface area contributed by atoms with E-state index in [0.29, 0.717) is 47.3 Å². The number of benzene rings is 3. The minimum Gasteiger partial charge on any atom is -0.350 e. The van der Waals surface area contributed by atoms with Crippen LogP contribution in [0.2, 0.25) is 5.02 Å². The second-order valence-electron chi connectivity index (χ2n) is 12.6. The van der Waals surface area contributed by atoms with Crippen molar-refractivity contribution < 1.29 is 19.2 Å². The molecule has 5 N–H and O–H groups in total. The number of carbonyl (C=O) groups excluding carboxylic acids is 4. The maximum Gasteiger partial charge on any atom is 0.251 e. The molecule has 1 saturated carbocycles. The Kier molecular flexibility index (Phi) is 10.4. The number of Topliss-reactive ketones (excluding diaryl/α,β-unsaturated/α-hetero) is 1. The van der Waals surface area contributed by atoms with Gasteiger partial charge in [0.25, 0.3) is 5.91 Å². The van der Waals surface area contributed by atoms with E-state index in [2.05, 4.69) is 16.0 Å². The predicted molar refractivity (Wildman–Crippen MR) is 178 cm³/mol. The molecule has 0 bridgehead atoms. The molecule has 3 aromatic carbocycles. The van der Waals surface area contributed by atoms with Crippen molar-refractivity contribution in [1.82, 2.24) is 5.32 Å². The normalized spacial score (nSPS) is 18.2. The molecule has 1 heterocycles. The van der Waals surface area contributed by atoms with Gasteiger partial charge in [-0.25, -0.2) is 0 Å². The molecule has 1 aliphatic heterocycles. The van der Waals surface area contributed by atoms with Gasteiger partial charge in [-0.3, -0.25) is 19.2 Å². The van der Waals surface area contributed by atoms with E-state index in [1.807, 2.05) is 50.2 Å². The molecule has 1 aliphatic carbocycles. The van der Waals surface area contributed by atoms with E-state index in [1.54, 1.807) is 24.3 Å². The summed E-state index contributed by atoms with van der Waals surface area (Å²) in [6.07, 6.45) is 4.38. The Morgan fingerprint density at radius 2 is 1.71 bits per heavy atom. The van der Waals surface area contributed by atoms with Gasteiger partial charge in [0.15, 0.2) is 0 Å². The van der Waals surface area contributed by atoms with Gasteiger partial charge in [0.2, 0.25) is 11.8 Å². The fourth-order valence-corrected chi connectivity index (χ4v) is 6.55. The monoisotopic (exact) mass is 628 g/mol. The Bertz CT molecular complexity index is 1580. The summed E-state index contributed by atoms with van der Waals surface area (Å²) in [7, 11) is 0. The van der Waals surface area contributed by atoms with Crippen LogP contribution in [0.3, 0.4) is 0 Å². The molecule has 0 saturated heterocycles. The van der Waals surface area contributed by atoms with Gasteiger partial charge >= 0.3 is 0 Å². The lowest BCUT2D eigenvalue weighted by atomic mass is 9.77. The molecule has 5 rings (SSSR count). The van der Waals surface area contributed by atoms with Crippen molar-refractivity contribution in [3.63, 3.8) is 0 Å². The molecule has 0 aromatic heterocycles. The third-order valence-electron chi connectivity index (χ3n) is 8.85. The number of rotatable bonds is 11. The number of ketones is 1. The Balaban J connectivity index is 1.31. The van der Waals surface area contributed by atoms with Crippen molar-refractivity contribution in [2.75, 3.05) is 17.2 Å². The van der Waals surface area contributed by atoms with E-state index in [-0.39, 0.29) is 41.9 Å². The minimum absolute atomic E-state index is 0.0203. The summed E-state index contributed by atoms with van der Waals surface area (Å²) < 4.78 is 0. The Hall–Kier alpha value is -4.01. The van der Waals surface area contributed by atoms with Gasteiger partial charge < -0.3 is 21.7 Å². The smallest absolute Gasteiger partial charge is 0.251 e. The zero-order chi connectivity index (χ0) is 32.1. The molecule has 45 heavy (non-hydrogen) atoms. The lowest BCUT2D eigenvalue weighted by Crippen LogP contribution is -2.31. The average molecular weight is 629 g/mol. The summed E-state index contributed by atoms with van der Waals surface area (Å²) in [5.74, 6) is -0.506. The first-order valence-electron chi connectivity index (χ1n) is 15.8. The number of carbonyl (C=O) groups is 4. The maximum atomic E-state index is 13.7. The van der Waals surface area contributed by atoms with Crippen LogP contribution < -0.4 is 21.7 Å². The van der Waals surface area contributed by atoms with Gasteiger partial charge in [0, 0.05) is 51.8 Å². The summed E-state index contributed by atoms with van der Waals surface area (Å²) in [6, 6.07) is 18.5. The Labute approximate surface area is 269 Å². The van der Waals surface area contributed by atoms with Crippen LogP contribution >= 0.6 is 11.6 Å². The molecule has 3 aromatic rings. The predicted octanol–water partition coefficient (Wildman–Crippen LogP) is 6.16. The lowest BCUT2D eigenvalue weighted by Gasteiger charge is -2.27. The van der Waals surface area contributed by atoms with Gasteiger partial charge in [-0.15, -0.1) is 0 Å². The largest absolute Gasteiger partial charge is 0.350 e. The highest BCUT2D eigenvalue weighted by Crippen LogP contribution is 2.33. The number of nitrogens with one attached hydrogen (secondary N) is 3. The van der Waals surface area contributed by atoms with Crippen LogP contribution in [0.1, 0.15) is 67.4 Å². The number of hydrogen-bond donors (Lipinski definition) is 4. The SMILES string of the molecule is CC(C)NC(=O)c1ccc(-c2ccc(CC(CC(=O)C3CCC(CN)CC3)C(=O)Nc3ccc4c(c3)NC(=O)C4)cc2)c(Cl)c1. The number of halogens is 1. The van der Waals surface area contributed by atoms with Crippen LogP contribution in [0, 0.1) is 17.8 Å². The highest BCUT2D eigenvalue weighted by molar-refractivity contribution is 6.33. The molecular weight excluding hydrogens is 588 g/mol. The third kappa shape index (κ3) is 8.18. The number of hydrogen-bond acceptors (Lipinski definition) is 5. The van der Waals surface area contributed by atoms with Gasteiger partial charge in [0.1, 0.15) is 5.78 Å². The lowest BCUT2D eigenvalue weighted by molar-refractivity contribution is -0.129. The van der Waals surface area contributed by atoms with Crippen molar-refractivity contribution >= 4 is 46.5 Å². The summed E-state index contributed by atoms with van der Waals surface area (Å²) in [6.45, 7) is 4.45. The first-order valence-corrected chi connectivity index (χ1v) is 16.1. The maximum absolute atomic E-state index is 13.7. The number of nitrogens with two attached hydrogens (primary N) is 1. The van der Waals surface area contributed by atoms with Gasteiger partial charge in [-0.05, 0) is 99.4 Å². The first-order chi connectivity index (χ1) is 21.6. The average Bonchev–Trinajstić information content (AvgIpc) is 3.40. The fourth-order valence-electron chi connectivity index (χ4n) is 6.26. The molecule has 1 atom stereocenters. The second-order valence-corrected chi connectivity index (χ2v) is 13.0. The molecule has 0 spiro atoms. The van der Waals surface area contributed by atoms with E-state index in [1.165, 1.54) is 0 Å². The molecule has 8 nitrogen and oxygen atoms in total. The molecule has 9 heteroatoms. The molecule has 1 unspecified atom stereocenters. The zero-order valence-corrected chi connectivity index (χ0v) is 26.6. The van der Waals surface area contributed by atoms with E-state index < -0.39 is 5.92 Å². The first kappa shape index (κ1) is 32.4. The van der Waals surface area contributed by atoms with Crippen LogP contribution in [0.15, 0.2) is 60.7 Å². The molecule has 236 valence electrons. The molecule has 1 fully saturated rings. The standard InChI is InChI=1S/C36H41ClN4O4/c1-21(2)39-35(44)27-12-14-30(31(37)16-27)24-7-3-22(4-8-24)15-28(17-33(42)25-9-5-23(20-38)6-10-25)36(45)40-29-13-11-26-18-34(43)41-32(26)19-29/h3-4,7-8,11-14,16,19,21,23,25,28H,5-6,9-10,15,17-18,20,38H2,1-2H3,(H,39,44)(H,40,45)(H,41,43). The number of fused-ring (bicyclic) bond motifs is 1. The van der Waals surface area contributed by atoms with Gasteiger partial charge in [-0.1, -0.05) is 48.0 Å². The van der Waals surface area contributed by atoms with Crippen molar-refractivity contribution in [3.8, 4) is 11.1 Å². The van der Waals surface area contributed by atoms with Crippen molar-refractivity contribution in [1.29, 1.82) is 0 Å². The summed E-state index contributed by atoms with van der Waals surface area (Å²) in [4.78, 5) is 51.3. The molecule has 3 amide bonds. The summed E-state index contributed by atoms with van der Waals surface area (Å²) in [5, 5.41) is 9.15. The summed E-state index contributed by atoms with van der Waals surface area (Å²) >= 11 is 6.58. The fraction of sp³-hybridized carbons (Fsp3) is 0.389. The topological polar surface area (TPSA) is 130 Å². The number of amides is 3.